The maximum absolute atomic E-state index is 13.6. The average molecular weight is 376 g/mol. The van der Waals surface area contributed by atoms with Gasteiger partial charge in [0, 0.05) is 4.47 Å². The Bertz CT molecular complexity index is 648. The summed E-state index contributed by atoms with van der Waals surface area (Å²) >= 11 is 5.83. The van der Waals surface area contributed by atoms with Crippen molar-refractivity contribution in [2.24, 2.45) is 0 Å². The van der Waals surface area contributed by atoms with Crippen LogP contribution >= 0.6 is 39.0 Å². The van der Waals surface area contributed by atoms with E-state index in [0.29, 0.717) is 9.60 Å². The molecule has 0 fully saturated rings. The highest BCUT2D eigenvalue weighted by Gasteiger charge is 2.11. The summed E-state index contributed by atoms with van der Waals surface area (Å²) in [6.45, 7) is 1.83. The van der Waals surface area contributed by atoms with Crippen molar-refractivity contribution in [2.75, 3.05) is 16.8 Å². The summed E-state index contributed by atoms with van der Waals surface area (Å²) in [6, 6.07) is 4.48. The molecule has 0 saturated heterocycles. The number of thioether (sulfide) groups is 1. The highest BCUT2D eigenvalue weighted by molar-refractivity contribution is 9.10. The normalized spacial score (nSPS) is 10.6. The number of rotatable bonds is 4. The van der Waals surface area contributed by atoms with E-state index < -0.39 is 5.82 Å². The maximum Gasteiger partial charge on any atom is 0.234 e. The average Bonchev–Trinajstić information content (AvgIpc) is 2.69. The maximum atomic E-state index is 13.6. The Kier molecular flexibility index (Phi) is 5.00. The van der Waals surface area contributed by atoms with E-state index in [9.17, 15) is 9.18 Å². The van der Waals surface area contributed by atoms with Crippen molar-refractivity contribution in [3.63, 3.8) is 0 Å². The Morgan fingerprint density at radius 1 is 1.60 bits per heavy atom. The summed E-state index contributed by atoms with van der Waals surface area (Å²) in [5.41, 5.74) is 6.55. The van der Waals surface area contributed by atoms with Crippen LogP contribution in [0, 0.1) is 12.7 Å². The molecular weight excluding hydrogens is 365 g/mol. The van der Waals surface area contributed by atoms with E-state index in [-0.39, 0.29) is 17.3 Å². The minimum Gasteiger partial charge on any atom is -0.375 e. The predicted molar refractivity (Wildman–Crippen MR) is 84.7 cm³/mol. The van der Waals surface area contributed by atoms with Gasteiger partial charge in [-0.05, 0) is 25.1 Å². The van der Waals surface area contributed by atoms with Crippen LogP contribution in [-0.4, -0.2) is 16.6 Å². The summed E-state index contributed by atoms with van der Waals surface area (Å²) < 4.78 is 15.1. The molecule has 1 amide bonds. The highest BCUT2D eigenvalue weighted by atomic mass is 79.9. The lowest BCUT2D eigenvalue weighted by molar-refractivity contribution is -0.113. The van der Waals surface area contributed by atoms with Crippen molar-refractivity contribution in [3.8, 4) is 0 Å². The zero-order valence-electron chi connectivity index (χ0n) is 10.4. The summed E-state index contributed by atoms with van der Waals surface area (Å²) in [4.78, 5) is 15.9. The van der Waals surface area contributed by atoms with Crippen LogP contribution in [0.25, 0.3) is 0 Å². The largest absolute Gasteiger partial charge is 0.375 e. The van der Waals surface area contributed by atoms with Crippen LogP contribution in [0.3, 0.4) is 0 Å². The minimum atomic E-state index is -0.476. The number of carbonyl (C=O) groups excluding carboxylic acids is 1. The number of nitrogens with one attached hydrogen (secondary N) is 1. The molecular formula is C12H11BrFN3OS2. The first-order chi connectivity index (χ1) is 9.45. The molecule has 2 rings (SSSR count). The number of benzene rings is 1. The summed E-state index contributed by atoms with van der Waals surface area (Å²) in [5.74, 6) is -0.573. The third-order valence-corrected chi connectivity index (χ3v) is 5.15. The number of nitrogens with two attached hydrogens (primary N) is 1. The fraction of sp³-hybridized carbons (Fsp3) is 0.167. The molecule has 4 nitrogen and oxygen atoms in total. The van der Waals surface area contributed by atoms with Gasteiger partial charge in [0.25, 0.3) is 0 Å². The van der Waals surface area contributed by atoms with Crippen LogP contribution < -0.4 is 11.1 Å². The third kappa shape index (κ3) is 3.94. The monoisotopic (exact) mass is 375 g/mol. The van der Waals surface area contributed by atoms with Crippen molar-refractivity contribution in [1.29, 1.82) is 0 Å². The van der Waals surface area contributed by atoms with Gasteiger partial charge in [-0.1, -0.05) is 27.3 Å². The van der Waals surface area contributed by atoms with E-state index in [4.69, 9.17) is 5.73 Å². The van der Waals surface area contributed by atoms with Gasteiger partial charge in [0.15, 0.2) is 5.13 Å². The molecule has 106 valence electrons. The Labute approximate surface area is 132 Å². The lowest BCUT2D eigenvalue weighted by atomic mass is 10.3. The number of hydrogen-bond acceptors (Lipinski definition) is 5. The van der Waals surface area contributed by atoms with Crippen molar-refractivity contribution in [1.82, 2.24) is 4.98 Å². The van der Waals surface area contributed by atoms with Gasteiger partial charge in [0.2, 0.25) is 5.91 Å². The van der Waals surface area contributed by atoms with Crippen LogP contribution in [0.1, 0.15) is 5.69 Å². The molecule has 1 heterocycles. The van der Waals surface area contributed by atoms with E-state index in [1.807, 2.05) is 6.92 Å². The van der Waals surface area contributed by atoms with Crippen molar-refractivity contribution in [2.45, 2.75) is 11.1 Å². The second kappa shape index (κ2) is 6.55. The fourth-order valence-corrected chi connectivity index (χ4v) is 3.60. The summed E-state index contributed by atoms with van der Waals surface area (Å²) in [5, 5.41) is 3.01. The first kappa shape index (κ1) is 15.3. The number of hydrogen-bond donors (Lipinski definition) is 2. The zero-order chi connectivity index (χ0) is 14.7. The topological polar surface area (TPSA) is 68.0 Å². The van der Waals surface area contributed by atoms with Crippen LogP contribution in [0.4, 0.5) is 15.2 Å². The lowest BCUT2D eigenvalue weighted by Gasteiger charge is -2.06. The number of carbonyl (C=O) groups is 1. The molecule has 0 aliphatic heterocycles. The Morgan fingerprint density at radius 2 is 2.35 bits per heavy atom. The number of thiazole rings is 1. The molecule has 0 spiro atoms. The summed E-state index contributed by atoms with van der Waals surface area (Å²) in [7, 11) is 0. The molecule has 0 aliphatic carbocycles. The van der Waals surface area contributed by atoms with Gasteiger partial charge in [-0.3, -0.25) is 4.79 Å². The molecule has 0 saturated carbocycles. The van der Waals surface area contributed by atoms with Gasteiger partial charge in [-0.15, -0.1) is 11.8 Å². The number of amides is 1. The molecule has 0 radical (unpaired) electrons. The smallest absolute Gasteiger partial charge is 0.234 e. The number of anilines is 2. The Balaban J connectivity index is 1.94. The van der Waals surface area contributed by atoms with Gasteiger partial charge in [-0.25, -0.2) is 9.37 Å². The van der Waals surface area contributed by atoms with Crippen LogP contribution in [0.5, 0.6) is 0 Å². The second-order valence-electron chi connectivity index (χ2n) is 3.89. The van der Waals surface area contributed by atoms with Crippen molar-refractivity contribution in [3.05, 3.63) is 34.2 Å². The van der Waals surface area contributed by atoms with Crippen molar-refractivity contribution >= 4 is 55.8 Å². The van der Waals surface area contributed by atoms with E-state index in [1.165, 1.54) is 35.2 Å². The molecule has 8 heteroatoms. The summed E-state index contributed by atoms with van der Waals surface area (Å²) in [6.07, 6.45) is 0. The van der Waals surface area contributed by atoms with Crippen LogP contribution in [-0.2, 0) is 4.79 Å². The number of halogens is 2. The molecule has 1 aromatic heterocycles. The van der Waals surface area contributed by atoms with Crippen molar-refractivity contribution < 1.29 is 9.18 Å². The first-order valence-corrected chi connectivity index (χ1v) is 8.16. The van der Waals surface area contributed by atoms with E-state index in [0.717, 1.165) is 9.90 Å². The van der Waals surface area contributed by atoms with Crippen LogP contribution in [0.15, 0.2) is 26.9 Å². The zero-order valence-corrected chi connectivity index (χ0v) is 13.7. The van der Waals surface area contributed by atoms with Crippen LogP contribution in [0.2, 0.25) is 0 Å². The Morgan fingerprint density at radius 3 is 2.95 bits per heavy atom. The van der Waals surface area contributed by atoms with E-state index in [2.05, 4.69) is 26.2 Å². The fourth-order valence-electron chi connectivity index (χ4n) is 1.44. The van der Waals surface area contributed by atoms with Gasteiger partial charge in [0.05, 0.1) is 21.3 Å². The molecule has 0 aliphatic rings. The highest BCUT2D eigenvalue weighted by Crippen LogP contribution is 2.30. The molecule has 0 bridgehead atoms. The van der Waals surface area contributed by atoms with Gasteiger partial charge in [0.1, 0.15) is 5.82 Å². The first-order valence-electron chi connectivity index (χ1n) is 5.56. The van der Waals surface area contributed by atoms with Gasteiger partial charge in [-0.2, -0.15) is 0 Å². The lowest BCUT2D eigenvalue weighted by Crippen LogP contribution is -2.14. The third-order valence-electron chi connectivity index (χ3n) is 2.31. The standard InChI is InChI=1S/C12H11BrFN3OS2/c1-6-11(20-12(15)16-6)19-5-10(18)17-9-3-2-7(13)4-8(9)14/h2-4H,5H2,1H3,(H2,15,16)(H,17,18). The predicted octanol–water partition coefficient (Wildman–Crippen LogP) is 3.67. The van der Waals surface area contributed by atoms with Gasteiger partial charge >= 0.3 is 0 Å². The number of nitrogens with zero attached hydrogens (tertiary/aromatic N) is 1. The molecule has 2 aromatic rings. The van der Waals surface area contributed by atoms with Gasteiger partial charge < -0.3 is 11.1 Å². The Hall–Kier alpha value is -1.12. The second-order valence-corrected chi connectivity index (χ2v) is 7.08. The molecule has 3 N–H and O–H groups in total. The number of aromatic nitrogens is 1. The molecule has 20 heavy (non-hydrogen) atoms. The minimum absolute atomic E-state index is 0.166. The molecule has 0 atom stereocenters. The molecule has 0 unspecified atom stereocenters. The number of nitrogen functional groups attached to an aromatic ring is 1. The van der Waals surface area contributed by atoms with E-state index >= 15 is 0 Å². The van der Waals surface area contributed by atoms with E-state index in [1.54, 1.807) is 6.07 Å². The number of aryl methyl sites for hydroxylation is 1. The quantitative estimate of drug-likeness (QED) is 0.799. The SMILES string of the molecule is Cc1nc(N)sc1SCC(=O)Nc1ccc(Br)cc1F. The molecule has 1 aromatic carbocycles.